The van der Waals surface area contributed by atoms with Gasteiger partial charge in [0.15, 0.2) is 0 Å². The standard InChI is InChI=1S/C30H40FN5O2/c1-6-22(3)35(29(37)19-24-11-13-27(38-5)14-12-24)21-28-23(4)32-36(26-10-8-9-25(31)20-26)30(28)34-17-15-33(7-2)16-18-34/h8-14,20,22H,6-7,15-19,21H2,1-5H3/t22-/m1/s1. The van der Waals surface area contributed by atoms with Crippen molar-refractivity contribution in [2.45, 2.75) is 53.1 Å². The van der Waals surface area contributed by atoms with E-state index in [9.17, 15) is 9.18 Å². The van der Waals surface area contributed by atoms with Gasteiger partial charge in [-0.2, -0.15) is 5.10 Å². The topological polar surface area (TPSA) is 53.8 Å². The molecule has 0 spiro atoms. The lowest BCUT2D eigenvalue weighted by Crippen LogP contribution is -2.47. The van der Waals surface area contributed by atoms with Crippen LogP contribution in [0.3, 0.4) is 0 Å². The Kier molecular flexibility index (Phi) is 9.05. The van der Waals surface area contributed by atoms with Crippen molar-refractivity contribution in [2.24, 2.45) is 0 Å². The number of hydrogen-bond donors (Lipinski definition) is 0. The molecule has 0 radical (unpaired) electrons. The minimum atomic E-state index is -0.296. The summed E-state index contributed by atoms with van der Waals surface area (Å²) in [6.07, 6.45) is 1.16. The van der Waals surface area contributed by atoms with Crippen LogP contribution in [0.25, 0.3) is 5.69 Å². The third kappa shape index (κ3) is 6.18. The summed E-state index contributed by atoms with van der Waals surface area (Å²) in [5, 5.41) is 4.88. The monoisotopic (exact) mass is 521 g/mol. The molecule has 1 saturated heterocycles. The van der Waals surface area contributed by atoms with Crippen LogP contribution in [-0.2, 0) is 17.8 Å². The molecule has 1 atom stereocenters. The van der Waals surface area contributed by atoms with Crippen LogP contribution in [0.5, 0.6) is 5.75 Å². The molecule has 7 nitrogen and oxygen atoms in total. The molecule has 38 heavy (non-hydrogen) atoms. The van der Waals surface area contributed by atoms with Crippen LogP contribution >= 0.6 is 0 Å². The van der Waals surface area contributed by atoms with E-state index >= 15 is 0 Å². The first-order valence-corrected chi connectivity index (χ1v) is 13.6. The second-order valence-corrected chi connectivity index (χ2v) is 10.0. The number of rotatable bonds is 10. The molecule has 8 heteroatoms. The van der Waals surface area contributed by atoms with E-state index < -0.39 is 0 Å². The second kappa shape index (κ2) is 12.4. The van der Waals surface area contributed by atoms with Crippen LogP contribution in [0.4, 0.5) is 10.2 Å². The molecule has 2 heterocycles. The minimum Gasteiger partial charge on any atom is -0.497 e. The molecular weight excluding hydrogens is 481 g/mol. The largest absolute Gasteiger partial charge is 0.497 e. The van der Waals surface area contributed by atoms with Gasteiger partial charge in [-0.3, -0.25) is 4.79 Å². The number of aromatic nitrogens is 2. The third-order valence-electron chi connectivity index (χ3n) is 7.62. The lowest BCUT2D eigenvalue weighted by atomic mass is 10.1. The maximum Gasteiger partial charge on any atom is 0.227 e. The van der Waals surface area contributed by atoms with Gasteiger partial charge in [0, 0.05) is 37.8 Å². The number of halogens is 1. The number of carbonyl (C=O) groups is 1. The molecule has 1 aliphatic rings. The van der Waals surface area contributed by atoms with Crippen LogP contribution in [0.15, 0.2) is 48.5 Å². The van der Waals surface area contributed by atoms with Crippen molar-refractivity contribution in [1.29, 1.82) is 0 Å². The van der Waals surface area contributed by atoms with Crippen molar-refractivity contribution < 1.29 is 13.9 Å². The van der Waals surface area contributed by atoms with Crippen molar-refractivity contribution in [3.05, 3.63) is 71.2 Å². The minimum absolute atomic E-state index is 0.0578. The average molecular weight is 522 g/mol. The molecule has 0 bridgehead atoms. The SMILES string of the molecule is CC[C@@H](C)N(Cc1c(C)nn(-c2cccc(F)c2)c1N1CCN(CC)CC1)C(=O)Cc1ccc(OC)cc1. The zero-order valence-electron chi connectivity index (χ0n) is 23.3. The number of carbonyl (C=O) groups excluding carboxylic acids is 1. The Bertz CT molecular complexity index is 1220. The predicted molar refractivity (Wildman–Crippen MR) is 150 cm³/mol. The van der Waals surface area contributed by atoms with Crippen molar-refractivity contribution in [2.75, 3.05) is 44.7 Å². The first-order chi connectivity index (χ1) is 18.3. The lowest BCUT2D eigenvalue weighted by molar-refractivity contribution is -0.133. The van der Waals surface area contributed by atoms with Gasteiger partial charge in [0.05, 0.1) is 31.5 Å². The number of methoxy groups -OCH3 is 1. The number of likely N-dealkylation sites (N-methyl/N-ethyl adjacent to an activating group) is 1. The lowest BCUT2D eigenvalue weighted by Gasteiger charge is -2.37. The van der Waals surface area contributed by atoms with Gasteiger partial charge in [-0.25, -0.2) is 9.07 Å². The molecule has 1 aliphatic heterocycles. The Morgan fingerprint density at radius 1 is 1.11 bits per heavy atom. The first kappa shape index (κ1) is 27.6. The summed E-state index contributed by atoms with van der Waals surface area (Å²) in [5.74, 6) is 1.50. The molecule has 3 aromatic rings. The molecule has 204 valence electrons. The van der Waals surface area contributed by atoms with E-state index in [1.807, 2.05) is 46.8 Å². The van der Waals surface area contributed by atoms with Gasteiger partial charge in [-0.05, 0) is 62.7 Å². The van der Waals surface area contributed by atoms with Crippen LogP contribution < -0.4 is 9.64 Å². The van der Waals surface area contributed by atoms with E-state index in [1.165, 1.54) is 12.1 Å². The fourth-order valence-electron chi connectivity index (χ4n) is 5.02. The molecule has 2 aromatic carbocycles. The highest BCUT2D eigenvalue weighted by Gasteiger charge is 2.29. The predicted octanol–water partition coefficient (Wildman–Crippen LogP) is 4.84. The Hall–Kier alpha value is -3.39. The molecule has 4 rings (SSSR count). The number of aryl methyl sites for hydroxylation is 1. The molecule has 1 amide bonds. The van der Waals surface area contributed by atoms with E-state index in [2.05, 4.69) is 30.6 Å². The first-order valence-electron chi connectivity index (χ1n) is 13.6. The van der Waals surface area contributed by atoms with E-state index in [-0.39, 0.29) is 17.8 Å². The maximum atomic E-state index is 14.2. The Labute approximate surface area is 225 Å². The number of amides is 1. The van der Waals surface area contributed by atoms with Gasteiger partial charge >= 0.3 is 0 Å². The number of benzene rings is 2. The molecule has 1 fully saturated rings. The van der Waals surface area contributed by atoms with Crippen molar-refractivity contribution >= 4 is 11.7 Å². The molecule has 1 aromatic heterocycles. The number of piperazine rings is 1. The van der Waals surface area contributed by atoms with Gasteiger partial charge in [0.2, 0.25) is 5.91 Å². The Morgan fingerprint density at radius 2 is 1.82 bits per heavy atom. The van der Waals surface area contributed by atoms with E-state index in [4.69, 9.17) is 9.84 Å². The summed E-state index contributed by atoms with van der Waals surface area (Å²) in [6.45, 7) is 13.4. The maximum absolute atomic E-state index is 14.2. The molecule has 0 unspecified atom stereocenters. The summed E-state index contributed by atoms with van der Waals surface area (Å²) < 4.78 is 21.4. The summed E-state index contributed by atoms with van der Waals surface area (Å²) in [6, 6.07) is 14.3. The van der Waals surface area contributed by atoms with Gasteiger partial charge in [-0.15, -0.1) is 0 Å². The molecule has 0 N–H and O–H groups in total. The van der Waals surface area contributed by atoms with E-state index in [0.29, 0.717) is 18.7 Å². The fourth-order valence-corrected chi connectivity index (χ4v) is 5.02. The quantitative estimate of drug-likeness (QED) is 0.382. The highest BCUT2D eigenvalue weighted by atomic mass is 19.1. The van der Waals surface area contributed by atoms with Crippen LogP contribution in [0.2, 0.25) is 0 Å². The summed E-state index contributed by atoms with van der Waals surface area (Å²) in [5.41, 5.74) is 3.51. The van der Waals surface area contributed by atoms with Gasteiger partial charge < -0.3 is 19.4 Å². The summed E-state index contributed by atoms with van der Waals surface area (Å²) in [7, 11) is 1.64. The fraction of sp³-hybridized carbons (Fsp3) is 0.467. The van der Waals surface area contributed by atoms with Gasteiger partial charge in [-0.1, -0.05) is 32.0 Å². The average Bonchev–Trinajstić information content (AvgIpc) is 3.27. The zero-order valence-corrected chi connectivity index (χ0v) is 23.3. The summed E-state index contributed by atoms with van der Waals surface area (Å²) >= 11 is 0. The Morgan fingerprint density at radius 3 is 2.42 bits per heavy atom. The van der Waals surface area contributed by atoms with Crippen molar-refractivity contribution in [1.82, 2.24) is 19.6 Å². The number of anilines is 1. The third-order valence-corrected chi connectivity index (χ3v) is 7.62. The van der Waals surface area contributed by atoms with Gasteiger partial charge in [0.1, 0.15) is 17.4 Å². The van der Waals surface area contributed by atoms with Crippen LogP contribution in [-0.4, -0.2) is 71.4 Å². The number of hydrogen-bond acceptors (Lipinski definition) is 5. The highest BCUT2D eigenvalue weighted by molar-refractivity contribution is 5.79. The number of ether oxygens (including phenoxy) is 1. The molecular formula is C30H40FN5O2. The van der Waals surface area contributed by atoms with Crippen molar-refractivity contribution in [3.8, 4) is 11.4 Å². The van der Waals surface area contributed by atoms with E-state index in [0.717, 1.165) is 67.5 Å². The van der Waals surface area contributed by atoms with Gasteiger partial charge in [0.25, 0.3) is 0 Å². The molecule has 0 saturated carbocycles. The highest BCUT2D eigenvalue weighted by Crippen LogP contribution is 2.31. The van der Waals surface area contributed by atoms with Crippen molar-refractivity contribution in [3.63, 3.8) is 0 Å². The van der Waals surface area contributed by atoms with E-state index in [1.54, 1.807) is 13.2 Å². The zero-order chi connectivity index (χ0) is 27.2. The second-order valence-electron chi connectivity index (χ2n) is 10.0. The number of nitrogens with zero attached hydrogens (tertiary/aromatic N) is 5. The van der Waals surface area contributed by atoms with Crippen LogP contribution in [0, 0.1) is 12.7 Å². The smallest absolute Gasteiger partial charge is 0.227 e. The summed E-state index contributed by atoms with van der Waals surface area (Å²) in [4.78, 5) is 20.4. The van der Waals surface area contributed by atoms with Crippen LogP contribution in [0.1, 0.15) is 44.0 Å². The molecule has 0 aliphatic carbocycles. The normalized spacial score (nSPS) is 14.9. The Balaban J connectivity index is 1.69.